The first-order valence-corrected chi connectivity index (χ1v) is 5.40. The molecule has 4 N–H and O–H groups in total. The van der Waals surface area contributed by atoms with Crippen molar-refractivity contribution in [1.82, 2.24) is 5.32 Å². The van der Waals surface area contributed by atoms with Crippen LogP contribution in [0.15, 0.2) is 24.3 Å². The average Bonchev–Trinajstić information content (AvgIpc) is 2.34. The van der Waals surface area contributed by atoms with Gasteiger partial charge in [0.15, 0.2) is 0 Å². The maximum atomic E-state index is 10.8. The Morgan fingerprint density at radius 3 is 2.05 bits per heavy atom. The van der Waals surface area contributed by atoms with E-state index in [2.05, 4.69) is 5.32 Å². The Labute approximate surface area is 108 Å². The average molecular weight is 267 g/mol. The first-order valence-electron chi connectivity index (χ1n) is 5.40. The lowest BCUT2D eigenvalue weighted by atomic mass is 10.1. The number of carboxylic acids is 3. The van der Waals surface area contributed by atoms with E-state index in [4.69, 9.17) is 15.3 Å². The summed E-state index contributed by atoms with van der Waals surface area (Å²) in [5.74, 6) is -3.50. The lowest BCUT2D eigenvalue weighted by molar-refractivity contribution is -0.146. The van der Waals surface area contributed by atoms with Crippen LogP contribution in [0.25, 0.3) is 0 Å². The fourth-order valence-corrected chi connectivity index (χ4v) is 1.43. The summed E-state index contributed by atoms with van der Waals surface area (Å²) in [4.78, 5) is 31.9. The second-order valence-corrected chi connectivity index (χ2v) is 3.87. The first kappa shape index (κ1) is 14.7. The van der Waals surface area contributed by atoms with Gasteiger partial charge in [0.25, 0.3) is 0 Å². The fourth-order valence-electron chi connectivity index (χ4n) is 1.43. The normalized spacial score (nSPS) is 11.8. The zero-order valence-electron chi connectivity index (χ0n) is 9.87. The molecule has 0 aliphatic heterocycles. The van der Waals surface area contributed by atoms with Gasteiger partial charge in [-0.3, -0.25) is 14.9 Å². The van der Waals surface area contributed by atoms with Gasteiger partial charge in [0, 0.05) is 6.54 Å². The molecule has 0 fully saturated rings. The lowest BCUT2D eigenvalue weighted by Crippen LogP contribution is -2.38. The number of benzene rings is 1. The molecule has 0 bridgehead atoms. The lowest BCUT2D eigenvalue weighted by Gasteiger charge is -2.12. The predicted molar refractivity (Wildman–Crippen MR) is 63.9 cm³/mol. The van der Waals surface area contributed by atoms with Crippen LogP contribution in [0.1, 0.15) is 22.3 Å². The minimum Gasteiger partial charge on any atom is -0.481 e. The van der Waals surface area contributed by atoms with Gasteiger partial charge in [0.05, 0.1) is 12.0 Å². The summed E-state index contributed by atoms with van der Waals surface area (Å²) >= 11 is 0. The van der Waals surface area contributed by atoms with E-state index in [1.807, 2.05) is 0 Å². The van der Waals surface area contributed by atoms with Crippen LogP contribution in [-0.2, 0) is 16.1 Å². The van der Waals surface area contributed by atoms with Crippen LogP contribution >= 0.6 is 0 Å². The fraction of sp³-hybridized carbons (Fsp3) is 0.250. The summed E-state index contributed by atoms with van der Waals surface area (Å²) in [7, 11) is 0. The van der Waals surface area contributed by atoms with E-state index in [0.29, 0.717) is 5.56 Å². The monoisotopic (exact) mass is 267 g/mol. The van der Waals surface area contributed by atoms with Crippen LogP contribution in [0.4, 0.5) is 0 Å². The third-order valence-electron chi connectivity index (χ3n) is 2.43. The molecule has 1 aromatic carbocycles. The zero-order valence-corrected chi connectivity index (χ0v) is 9.87. The third kappa shape index (κ3) is 4.76. The molecule has 1 aromatic rings. The summed E-state index contributed by atoms with van der Waals surface area (Å²) in [5, 5.41) is 28.7. The molecule has 0 aliphatic carbocycles. The number of carbonyl (C=O) groups is 3. The van der Waals surface area contributed by atoms with Crippen molar-refractivity contribution in [1.29, 1.82) is 0 Å². The van der Waals surface area contributed by atoms with E-state index in [1.165, 1.54) is 24.3 Å². The molecule has 0 unspecified atom stereocenters. The van der Waals surface area contributed by atoms with E-state index in [9.17, 15) is 14.4 Å². The van der Waals surface area contributed by atoms with Crippen LogP contribution in [-0.4, -0.2) is 39.3 Å². The van der Waals surface area contributed by atoms with Crippen LogP contribution in [0.2, 0.25) is 0 Å². The molecular weight excluding hydrogens is 254 g/mol. The van der Waals surface area contributed by atoms with Crippen molar-refractivity contribution in [3.05, 3.63) is 35.4 Å². The number of aliphatic carboxylic acids is 2. The van der Waals surface area contributed by atoms with E-state index in [0.717, 1.165) is 0 Å². The molecule has 102 valence electrons. The van der Waals surface area contributed by atoms with E-state index in [-0.39, 0.29) is 12.1 Å². The zero-order chi connectivity index (χ0) is 14.4. The number of nitrogens with one attached hydrogen (secondary N) is 1. The highest BCUT2D eigenvalue weighted by Gasteiger charge is 2.20. The van der Waals surface area contributed by atoms with Crippen molar-refractivity contribution in [2.24, 2.45) is 0 Å². The third-order valence-corrected chi connectivity index (χ3v) is 2.43. The summed E-state index contributed by atoms with van der Waals surface area (Å²) in [6.07, 6.45) is -0.525. The highest BCUT2D eigenvalue weighted by atomic mass is 16.4. The number of hydrogen-bond acceptors (Lipinski definition) is 4. The molecule has 0 amide bonds. The van der Waals surface area contributed by atoms with Gasteiger partial charge in [-0.15, -0.1) is 0 Å². The highest BCUT2D eigenvalue weighted by molar-refractivity contribution is 5.87. The smallest absolute Gasteiger partial charge is 0.335 e. The van der Waals surface area contributed by atoms with Gasteiger partial charge in [0.1, 0.15) is 6.04 Å². The number of aromatic carboxylic acids is 1. The van der Waals surface area contributed by atoms with Gasteiger partial charge in [0.2, 0.25) is 0 Å². The summed E-state index contributed by atoms with van der Waals surface area (Å²) in [6.45, 7) is 0.143. The van der Waals surface area contributed by atoms with Crippen molar-refractivity contribution in [3.8, 4) is 0 Å². The molecule has 0 radical (unpaired) electrons. The minimum absolute atomic E-state index is 0.129. The van der Waals surface area contributed by atoms with Gasteiger partial charge >= 0.3 is 17.9 Å². The molecule has 0 aromatic heterocycles. The van der Waals surface area contributed by atoms with Gasteiger partial charge in [-0.05, 0) is 17.7 Å². The number of rotatable bonds is 7. The summed E-state index contributed by atoms with van der Waals surface area (Å²) in [5.41, 5.74) is 0.797. The Morgan fingerprint density at radius 1 is 1.05 bits per heavy atom. The molecule has 0 aliphatic rings. The minimum atomic E-state index is -1.25. The van der Waals surface area contributed by atoms with Gasteiger partial charge in [-0.25, -0.2) is 4.79 Å². The molecule has 0 saturated heterocycles. The Bertz CT molecular complexity index is 481. The Morgan fingerprint density at radius 2 is 1.63 bits per heavy atom. The van der Waals surface area contributed by atoms with Crippen molar-refractivity contribution in [2.75, 3.05) is 0 Å². The molecule has 0 spiro atoms. The van der Waals surface area contributed by atoms with Crippen LogP contribution < -0.4 is 5.32 Å². The second-order valence-electron chi connectivity index (χ2n) is 3.87. The standard InChI is InChI=1S/C12H13NO6/c14-10(15)5-9(12(18)19)13-6-7-1-3-8(4-2-7)11(16)17/h1-4,9,13H,5-6H2,(H,14,15)(H,16,17)(H,18,19)/t9-/m0/s1. The second kappa shape index (κ2) is 6.50. The van der Waals surface area contributed by atoms with Gasteiger partial charge in [-0.2, -0.15) is 0 Å². The Balaban J connectivity index is 2.61. The molecule has 0 saturated carbocycles. The highest BCUT2D eigenvalue weighted by Crippen LogP contribution is 2.05. The maximum absolute atomic E-state index is 10.8. The van der Waals surface area contributed by atoms with E-state index in [1.54, 1.807) is 0 Å². The SMILES string of the molecule is O=C(O)C[C@H](NCc1ccc(C(=O)O)cc1)C(=O)O. The van der Waals surface area contributed by atoms with E-state index >= 15 is 0 Å². The summed E-state index contributed by atoms with van der Waals surface area (Å²) in [6, 6.07) is 4.68. The maximum Gasteiger partial charge on any atom is 0.335 e. The van der Waals surface area contributed by atoms with Crippen molar-refractivity contribution in [3.63, 3.8) is 0 Å². The Kier molecular flexibility index (Phi) is 5.01. The van der Waals surface area contributed by atoms with Crippen molar-refractivity contribution >= 4 is 17.9 Å². The predicted octanol–water partition coefficient (Wildman–Crippen LogP) is 0.402. The van der Waals surface area contributed by atoms with Gasteiger partial charge in [-0.1, -0.05) is 12.1 Å². The molecule has 1 atom stereocenters. The molecule has 0 heterocycles. The number of carboxylic acid groups (broad SMARTS) is 3. The summed E-state index contributed by atoms with van der Waals surface area (Å²) < 4.78 is 0. The van der Waals surface area contributed by atoms with Crippen LogP contribution in [0, 0.1) is 0 Å². The first-order chi connectivity index (χ1) is 8.90. The largest absolute Gasteiger partial charge is 0.481 e. The van der Waals surface area contributed by atoms with Crippen molar-refractivity contribution in [2.45, 2.75) is 19.0 Å². The topological polar surface area (TPSA) is 124 Å². The Hall–Kier alpha value is -2.41. The number of hydrogen-bond donors (Lipinski definition) is 4. The van der Waals surface area contributed by atoms with Crippen LogP contribution in [0.3, 0.4) is 0 Å². The molecule has 19 heavy (non-hydrogen) atoms. The van der Waals surface area contributed by atoms with Gasteiger partial charge < -0.3 is 15.3 Å². The molecule has 1 rings (SSSR count). The quantitative estimate of drug-likeness (QED) is 0.563. The molecule has 7 heteroatoms. The van der Waals surface area contributed by atoms with Crippen molar-refractivity contribution < 1.29 is 29.7 Å². The molecular formula is C12H13NO6. The molecule has 7 nitrogen and oxygen atoms in total. The van der Waals surface area contributed by atoms with E-state index < -0.39 is 30.4 Å². The van der Waals surface area contributed by atoms with Crippen LogP contribution in [0.5, 0.6) is 0 Å².